The van der Waals surface area contributed by atoms with Gasteiger partial charge in [0.15, 0.2) is 10.9 Å². The van der Waals surface area contributed by atoms with Crippen LogP contribution in [0, 0.1) is 0 Å². The standard InChI is InChI=1S/C24H17N3O3S/c1-29-16-10-8-15(9-11-16)21-14-31-24(26-21)27-23(28)18-13-20(22-7-4-12-30-22)25-19-6-3-2-5-17(18)19/h2-14H,1H3,(H,26,27,28). The summed E-state index contributed by atoms with van der Waals surface area (Å²) in [6.07, 6.45) is 1.59. The van der Waals surface area contributed by atoms with Crippen LogP contribution in [0.4, 0.5) is 5.13 Å². The molecule has 5 rings (SSSR count). The second kappa shape index (κ2) is 8.04. The van der Waals surface area contributed by atoms with E-state index in [1.54, 1.807) is 25.5 Å². The number of carbonyl (C=O) groups is 1. The number of hydrogen-bond donors (Lipinski definition) is 1. The Hall–Kier alpha value is -3.97. The van der Waals surface area contributed by atoms with Crippen LogP contribution in [0.15, 0.2) is 82.8 Å². The third kappa shape index (κ3) is 3.78. The predicted molar refractivity (Wildman–Crippen MR) is 122 cm³/mol. The summed E-state index contributed by atoms with van der Waals surface area (Å²) in [6.45, 7) is 0. The largest absolute Gasteiger partial charge is 0.497 e. The van der Waals surface area contributed by atoms with Gasteiger partial charge < -0.3 is 9.15 Å². The SMILES string of the molecule is COc1ccc(-c2csc(NC(=O)c3cc(-c4ccco4)nc4ccccc34)n2)cc1. The third-order valence-corrected chi connectivity index (χ3v) is 5.60. The highest BCUT2D eigenvalue weighted by Crippen LogP contribution is 2.29. The van der Waals surface area contributed by atoms with Gasteiger partial charge in [-0.1, -0.05) is 18.2 Å². The number of aromatic nitrogens is 2. The van der Waals surface area contributed by atoms with Gasteiger partial charge in [0.1, 0.15) is 11.4 Å². The van der Waals surface area contributed by atoms with Crippen molar-refractivity contribution in [3.8, 4) is 28.5 Å². The van der Waals surface area contributed by atoms with E-state index in [-0.39, 0.29) is 5.91 Å². The number of para-hydroxylation sites is 1. The molecule has 0 bridgehead atoms. The molecule has 7 heteroatoms. The summed E-state index contributed by atoms with van der Waals surface area (Å²) >= 11 is 1.38. The van der Waals surface area contributed by atoms with Gasteiger partial charge in [0.2, 0.25) is 0 Å². The second-order valence-corrected chi connectivity index (χ2v) is 7.63. The van der Waals surface area contributed by atoms with Gasteiger partial charge in [0.25, 0.3) is 5.91 Å². The summed E-state index contributed by atoms with van der Waals surface area (Å²) in [5, 5.41) is 6.12. The average Bonchev–Trinajstić information content (AvgIpc) is 3.51. The summed E-state index contributed by atoms with van der Waals surface area (Å²) in [7, 11) is 1.63. The van der Waals surface area contributed by atoms with Crippen LogP contribution in [0.1, 0.15) is 10.4 Å². The molecule has 152 valence electrons. The lowest BCUT2D eigenvalue weighted by Crippen LogP contribution is -2.13. The molecule has 5 aromatic rings. The van der Waals surface area contributed by atoms with Gasteiger partial charge in [-0.3, -0.25) is 10.1 Å². The molecule has 0 unspecified atom stereocenters. The number of rotatable bonds is 5. The monoisotopic (exact) mass is 427 g/mol. The summed E-state index contributed by atoms with van der Waals surface area (Å²) in [6, 6.07) is 20.5. The number of pyridine rings is 1. The highest BCUT2D eigenvalue weighted by atomic mass is 32.1. The predicted octanol–water partition coefficient (Wildman–Crippen LogP) is 5.88. The average molecular weight is 427 g/mol. The Morgan fingerprint density at radius 3 is 2.61 bits per heavy atom. The summed E-state index contributed by atoms with van der Waals surface area (Å²) in [4.78, 5) is 22.4. The molecule has 3 aromatic heterocycles. The van der Waals surface area contributed by atoms with Crippen LogP contribution in [-0.2, 0) is 0 Å². The first-order valence-electron chi connectivity index (χ1n) is 9.56. The maximum Gasteiger partial charge on any atom is 0.258 e. The molecule has 0 aliphatic carbocycles. The fourth-order valence-corrected chi connectivity index (χ4v) is 4.02. The van der Waals surface area contributed by atoms with Crippen LogP contribution in [0.5, 0.6) is 5.75 Å². The van der Waals surface area contributed by atoms with E-state index in [1.165, 1.54) is 11.3 Å². The highest BCUT2D eigenvalue weighted by molar-refractivity contribution is 7.14. The Morgan fingerprint density at radius 2 is 1.84 bits per heavy atom. The molecule has 0 spiro atoms. The molecule has 0 aliphatic heterocycles. The van der Waals surface area contributed by atoms with E-state index in [9.17, 15) is 4.79 Å². The normalized spacial score (nSPS) is 10.9. The van der Waals surface area contributed by atoms with Crippen molar-refractivity contribution in [2.75, 3.05) is 12.4 Å². The van der Waals surface area contributed by atoms with Crippen LogP contribution in [0.3, 0.4) is 0 Å². The van der Waals surface area contributed by atoms with E-state index in [1.807, 2.05) is 60.0 Å². The molecule has 31 heavy (non-hydrogen) atoms. The molecule has 2 aromatic carbocycles. The molecule has 0 radical (unpaired) electrons. The number of hydrogen-bond acceptors (Lipinski definition) is 6. The quantitative estimate of drug-likeness (QED) is 0.379. The number of methoxy groups -OCH3 is 1. The highest BCUT2D eigenvalue weighted by Gasteiger charge is 2.16. The van der Waals surface area contributed by atoms with E-state index < -0.39 is 0 Å². The fourth-order valence-electron chi connectivity index (χ4n) is 3.30. The van der Waals surface area contributed by atoms with Gasteiger partial charge in [-0.2, -0.15) is 0 Å². The van der Waals surface area contributed by atoms with Crippen LogP contribution in [-0.4, -0.2) is 23.0 Å². The van der Waals surface area contributed by atoms with Crippen molar-refractivity contribution in [3.05, 3.63) is 83.9 Å². The molecule has 0 atom stereocenters. The molecule has 3 heterocycles. The smallest absolute Gasteiger partial charge is 0.258 e. The molecule has 0 aliphatic rings. The number of ether oxygens (including phenoxy) is 1. The van der Waals surface area contributed by atoms with Gasteiger partial charge >= 0.3 is 0 Å². The molecule has 0 fully saturated rings. The van der Waals surface area contributed by atoms with E-state index in [2.05, 4.69) is 15.3 Å². The number of thiazole rings is 1. The van der Waals surface area contributed by atoms with Crippen LogP contribution < -0.4 is 10.1 Å². The van der Waals surface area contributed by atoms with Crippen molar-refractivity contribution in [1.82, 2.24) is 9.97 Å². The molecular formula is C24H17N3O3S. The van der Waals surface area contributed by atoms with E-state index in [4.69, 9.17) is 9.15 Å². The Balaban J connectivity index is 1.46. The van der Waals surface area contributed by atoms with Crippen molar-refractivity contribution in [1.29, 1.82) is 0 Å². The second-order valence-electron chi connectivity index (χ2n) is 6.77. The van der Waals surface area contributed by atoms with Crippen molar-refractivity contribution in [2.24, 2.45) is 0 Å². The number of amides is 1. The Bertz CT molecular complexity index is 1360. The molecule has 0 saturated heterocycles. The van der Waals surface area contributed by atoms with Gasteiger partial charge in [-0.05, 0) is 48.5 Å². The van der Waals surface area contributed by atoms with Crippen LogP contribution in [0.25, 0.3) is 33.6 Å². The number of benzene rings is 2. The Kier molecular flexibility index (Phi) is 4.93. The number of carbonyl (C=O) groups excluding carboxylic acids is 1. The number of anilines is 1. The minimum atomic E-state index is -0.248. The maximum absolute atomic E-state index is 13.2. The van der Waals surface area contributed by atoms with E-state index in [0.29, 0.717) is 22.1 Å². The summed E-state index contributed by atoms with van der Waals surface area (Å²) in [5.41, 5.74) is 3.58. The number of nitrogens with one attached hydrogen (secondary N) is 1. The molecule has 6 nitrogen and oxygen atoms in total. The van der Waals surface area contributed by atoms with Crippen molar-refractivity contribution < 1.29 is 13.9 Å². The lowest BCUT2D eigenvalue weighted by molar-refractivity contribution is 0.102. The van der Waals surface area contributed by atoms with Gasteiger partial charge in [0, 0.05) is 16.3 Å². The fraction of sp³-hybridized carbons (Fsp3) is 0.0417. The lowest BCUT2D eigenvalue weighted by atomic mass is 10.1. The van der Waals surface area contributed by atoms with Crippen LogP contribution >= 0.6 is 11.3 Å². The summed E-state index contributed by atoms with van der Waals surface area (Å²) < 4.78 is 10.7. The molecule has 1 amide bonds. The first-order valence-corrected chi connectivity index (χ1v) is 10.4. The van der Waals surface area contributed by atoms with E-state index >= 15 is 0 Å². The maximum atomic E-state index is 13.2. The minimum Gasteiger partial charge on any atom is -0.497 e. The van der Waals surface area contributed by atoms with Gasteiger partial charge in [-0.15, -0.1) is 11.3 Å². The van der Waals surface area contributed by atoms with E-state index in [0.717, 1.165) is 27.9 Å². The first kappa shape index (κ1) is 19.0. The molecule has 1 N–H and O–H groups in total. The number of nitrogens with zero attached hydrogens (tertiary/aromatic N) is 2. The van der Waals surface area contributed by atoms with Crippen molar-refractivity contribution in [3.63, 3.8) is 0 Å². The van der Waals surface area contributed by atoms with Crippen molar-refractivity contribution in [2.45, 2.75) is 0 Å². The molecular weight excluding hydrogens is 410 g/mol. The Morgan fingerprint density at radius 1 is 1.00 bits per heavy atom. The molecule has 0 saturated carbocycles. The Labute approximate surface area is 182 Å². The lowest BCUT2D eigenvalue weighted by Gasteiger charge is -2.08. The summed E-state index contributed by atoms with van der Waals surface area (Å²) in [5.74, 6) is 1.14. The topological polar surface area (TPSA) is 77.2 Å². The minimum absolute atomic E-state index is 0.248. The van der Waals surface area contributed by atoms with Gasteiger partial charge in [-0.25, -0.2) is 9.97 Å². The number of fused-ring (bicyclic) bond motifs is 1. The zero-order valence-corrected chi connectivity index (χ0v) is 17.3. The first-order chi connectivity index (χ1) is 15.2. The zero-order chi connectivity index (χ0) is 21.2. The van der Waals surface area contributed by atoms with Crippen molar-refractivity contribution >= 4 is 33.3 Å². The van der Waals surface area contributed by atoms with Crippen LogP contribution in [0.2, 0.25) is 0 Å². The van der Waals surface area contributed by atoms with Gasteiger partial charge in [0.05, 0.1) is 30.1 Å². The zero-order valence-electron chi connectivity index (χ0n) is 16.5. The number of furan rings is 1. The third-order valence-electron chi connectivity index (χ3n) is 4.84.